The van der Waals surface area contributed by atoms with E-state index in [1.165, 1.54) is 193 Å². The summed E-state index contributed by atoms with van der Waals surface area (Å²) in [5.74, 6) is -0.941. The minimum absolute atomic E-state index is 0.0947. The Bertz CT molecular complexity index is 1660. The highest BCUT2D eigenvalue weighted by Gasteiger charge is 2.19. The molecule has 6 nitrogen and oxygen atoms in total. The van der Waals surface area contributed by atoms with E-state index in [0.717, 1.165) is 103 Å². The summed E-state index contributed by atoms with van der Waals surface area (Å²) in [6, 6.07) is 0. The molecular formula is C77H132O6. The van der Waals surface area contributed by atoms with Crippen molar-refractivity contribution in [3.63, 3.8) is 0 Å². The van der Waals surface area contributed by atoms with Crippen molar-refractivity contribution in [2.45, 2.75) is 348 Å². The van der Waals surface area contributed by atoms with Gasteiger partial charge in [-0.1, -0.05) is 336 Å². The normalized spacial score (nSPS) is 12.8. The number of unbranched alkanes of at least 4 members (excludes halogenated alkanes) is 35. The van der Waals surface area contributed by atoms with Crippen LogP contribution in [-0.4, -0.2) is 37.2 Å². The maximum Gasteiger partial charge on any atom is 0.306 e. The highest BCUT2D eigenvalue weighted by Crippen LogP contribution is 2.18. The van der Waals surface area contributed by atoms with Crippen LogP contribution in [0, 0.1) is 0 Å². The molecule has 1 unspecified atom stereocenters. The molecule has 6 heteroatoms. The van der Waals surface area contributed by atoms with Gasteiger partial charge in [-0.3, -0.25) is 14.4 Å². The molecular weight excluding hydrogens is 1020 g/mol. The topological polar surface area (TPSA) is 78.9 Å². The summed E-state index contributed by atoms with van der Waals surface area (Å²) < 4.78 is 17.0. The van der Waals surface area contributed by atoms with Crippen LogP contribution < -0.4 is 0 Å². The number of carbonyl (C=O) groups is 3. The molecule has 476 valence electrons. The molecule has 0 aromatic heterocycles. The van der Waals surface area contributed by atoms with Gasteiger partial charge in [0.1, 0.15) is 13.2 Å². The second-order valence-electron chi connectivity index (χ2n) is 23.4. The van der Waals surface area contributed by atoms with Crippen molar-refractivity contribution in [2.24, 2.45) is 0 Å². The summed E-state index contributed by atoms with van der Waals surface area (Å²) in [4.78, 5) is 38.5. The van der Waals surface area contributed by atoms with Gasteiger partial charge in [0.15, 0.2) is 6.10 Å². The average Bonchev–Trinajstić information content (AvgIpc) is 3.49. The van der Waals surface area contributed by atoms with Crippen LogP contribution in [-0.2, 0) is 28.6 Å². The van der Waals surface area contributed by atoms with Crippen molar-refractivity contribution >= 4 is 17.9 Å². The van der Waals surface area contributed by atoms with Crippen LogP contribution in [0.25, 0.3) is 0 Å². The summed E-state index contributed by atoms with van der Waals surface area (Å²) in [5.41, 5.74) is 0. The molecule has 0 aliphatic rings. The summed E-state index contributed by atoms with van der Waals surface area (Å²) >= 11 is 0. The Kier molecular flexibility index (Phi) is 67.2. The lowest BCUT2D eigenvalue weighted by Gasteiger charge is -2.18. The highest BCUT2D eigenvalue weighted by molar-refractivity contribution is 5.71. The van der Waals surface area contributed by atoms with Crippen LogP contribution in [0.2, 0.25) is 0 Å². The first kappa shape index (κ1) is 79.1. The molecule has 0 aromatic rings. The second-order valence-corrected chi connectivity index (χ2v) is 23.4. The molecule has 0 radical (unpaired) electrons. The van der Waals surface area contributed by atoms with Crippen molar-refractivity contribution in [3.05, 3.63) is 109 Å². The summed E-state index contributed by atoms with van der Waals surface area (Å²) in [6.07, 6.45) is 96.9. The van der Waals surface area contributed by atoms with E-state index in [-0.39, 0.29) is 37.5 Å². The van der Waals surface area contributed by atoms with Crippen LogP contribution >= 0.6 is 0 Å². The lowest BCUT2D eigenvalue weighted by molar-refractivity contribution is -0.167. The van der Waals surface area contributed by atoms with Crippen molar-refractivity contribution in [3.8, 4) is 0 Å². The Morgan fingerprint density at radius 2 is 0.482 bits per heavy atom. The second kappa shape index (κ2) is 70.6. The van der Waals surface area contributed by atoms with Gasteiger partial charge >= 0.3 is 17.9 Å². The zero-order valence-corrected chi connectivity index (χ0v) is 54.7. The molecule has 0 aromatic carbocycles. The first-order valence-corrected chi connectivity index (χ1v) is 35.4. The fourth-order valence-electron chi connectivity index (χ4n) is 10.1. The van der Waals surface area contributed by atoms with Crippen LogP contribution in [0.3, 0.4) is 0 Å². The molecule has 0 spiro atoms. The number of hydrogen-bond donors (Lipinski definition) is 0. The van der Waals surface area contributed by atoms with E-state index in [2.05, 4.69) is 130 Å². The summed E-state index contributed by atoms with van der Waals surface area (Å²) in [5, 5.41) is 0. The van der Waals surface area contributed by atoms with Crippen molar-refractivity contribution in [1.29, 1.82) is 0 Å². The predicted molar refractivity (Wildman–Crippen MR) is 362 cm³/mol. The SMILES string of the molecule is CC/C=C\C/C=C\C/C=C\C/C=C\C/C=C\CCCC(=O)OCC(COC(=O)CCCCCCCCCCCCCC/C=C\C/C=C\C/C=C\C/C=C\CC)OC(=O)CCCCCCCCCCCCCCCCCCCCCCCCC. The lowest BCUT2D eigenvalue weighted by atomic mass is 10.0. The Morgan fingerprint density at radius 1 is 0.253 bits per heavy atom. The Hall–Kier alpha value is -3.93. The highest BCUT2D eigenvalue weighted by atomic mass is 16.6. The maximum atomic E-state index is 13.0. The van der Waals surface area contributed by atoms with E-state index >= 15 is 0 Å². The molecule has 0 rings (SSSR count). The number of hydrogen-bond acceptors (Lipinski definition) is 6. The van der Waals surface area contributed by atoms with E-state index in [4.69, 9.17) is 14.2 Å². The molecule has 0 aliphatic carbocycles. The van der Waals surface area contributed by atoms with E-state index < -0.39 is 6.10 Å². The van der Waals surface area contributed by atoms with Gasteiger partial charge < -0.3 is 14.2 Å². The Labute approximate surface area is 514 Å². The lowest BCUT2D eigenvalue weighted by Crippen LogP contribution is -2.30. The number of ether oxygens (including phenoxy) is 3. The van der Waals surface area contributed by atoms with Gasteiger partial charge in [-0.2, -0.15) is 0 Å². The van der Waals surface area contributed by atoms with Gasteiger partial charge in [0.2, 0.25) is 0 Å². The number of rotatable bonds is 64. The Morgan fingerprint density at radius 3 is 0.783 bits per heavy atom. The van der Waals surface area contributed by atoms with Gasteiger partial charge in [-0.25, -0.2) is 0 Å². The minimum Gasteiger partial charge on any atom is -0.462 e. The van der Waals surface area contributed by atoms with Gasteiger partial charge in [0, 0.05) is 19.3 Å². The van der Waals surface area contributed by atoms with E-state index in [1.807, 2.05) is 0 Å². The van der Waals surface area contributed by atoms with E-state index in [1.54, 1.807) is 0 Å². The average molecular weight is 1150 g/mol. The maximum absolute atomic E-state index is 13.0. The number of esters is 3. The van der Waals surface area contributed by atoms with Crippen LogP contribution in [0.1, 0.15) is 342 Å². The quantitative estimate of drug-likeness (QED) is 0.0261. The van der Waals surface area contributed by atoms with Crippen molar-refractivity contribution < 1.29 is 28.6 Å². The molecule has 0 heterocycles. The Balaban J connectivity index is 4.38. The standard InChI is InChI=1S/C77H132O6/c1-4-7-10-13-16-19-22-25-28-31-33-35-37-38-40-41-43-46-49-52-55-58-61-64-67-70-76(79)82-73-74(72-81-75(78)69-66-63-60-57-54-51-48-45-30-27-24-21-18-15-12-9-6-3)83-77(80)71-68-65-62-59-56-53-50-47-44-42-39-36-34-32-29-26-23-20-17-14-11-8-5-2/h7,9-10,12,16,18-19,21,25,27-28,30,33,35,48,51,57,60,74H,4-6,8,11,13-15,17,20,22-24,26,29,31-32,34,36-47,49-50,52-56,58-59,61-73H2,1-3H3/b10-7-,12-9-,19-16-,21-18-,28-25-,30-27-,35-33-,51-48-,60-57-. The number of carbonyl (C=O) groups excluding carboxylic acids is 3. The molecule has 0 fully saturated rings. The largest absolute Gasteiger partial charge is 0.462 e. The van der Waals surface area contributed by atoms with Gasteiger partial charge in [0.05, 0.1) is 0 Å². The van der Waals surface area contributed by atoms with E-state index in [9.17, 15) is 14.4 Å². The van der Waals surface area contributed by atoms with Crippen molar-refractivity contribution in [2.75, 3.05) is 13.2 Å². The fraction of sp³-hybridized carbons (Fsp3) is 0.727. The third kappa shape index (κ3) is 68.7. The zero-order chi connectivity index (χ0) is 59.9. The molecule has 0 aliphatic heterocycles. The zero-order valence-electron chi connectivity index (χ0n) is 54.7. The van der Waals surface area contributed by atoms with Crippen LogP contribution in [0.15, 0.2) is 109 Å². The first-order chi connectivity index (χ1) is 41.0. The molecule has 0 bridgehead atoms. The van der Waals surface area contributed by atoms with Gasteiger partial charge in [-0.05, 0) is 96.3 Å². The summed E-state index contributed by atoms with van der Waals surface area (Å²) in [6.45, 7) is 6.41. The molecule has 0 N–H and O–H groups in total. The van der Waals surface area contributed by atoms with Crippen LogP contribution in [0.4, 0.5) is 0 Å². The smallest absolute Gasteiger partial charge is 0.306 e. The molecule has 83 heavy (non-hydrogen) atoms. The summed E-state index contributed by atoms with van der Waals surface area (Å²) in [7, 11) is 0. The molecule has 0 saturated carbocycles. The van der Waals surface area contributed by atoms with Crippen LogP contribution in [0.5, 0.6) is 0 Å². The van der Waals surface area contributed by atoms with Gasteiger partial charge in [-0.15, -0.1) is 0 Å². The molecule has 1 atom stereocenters. The number of allylic oxidation sites excluding steroid dienone is 18. The third-order valence-electron chi connectivity index (χ3n) is 15.3. The van der Waals surface area contributed by atoms with Gasteiger partial charge in [0.25, 0.3) is 0 Å². The minimum atomic E-state index is -0.804. The third-order valence-corrected chi connectivity index (χ3v) is 15.3. The predicted octanol–water partition coefficient (Wildman–Crippen LogP) is 24.6. The molecule has 0 amide bonds. The first-order valence-electron chi connectivity index (χ1n) is 35.4. The monoisotopic (exact) mass is 1150 g/mol. The molecule has 0 saturated heterocycles. The van der Waals surface area contributed by atoms with Crippen molar-refractivity contribution in [1.82, 2.24) is 0 Å². The van der Waals surface area contributed by atoms with E-state index in [0.29, 0.717) is 19.3 Å². The fourth-order valence-corrected chi connectivity index (χ4v) is 10.1.